The molecule has 0 aliphatic heterocycles. The van der Waals surface area contributed by atoms with Crippen LogP contribution in [-0.4, -0.2) is 17.2 Å². The predicted molar refractivity (Wildman–Crippen MR) is 71.4 cm³/mol. The summed E-state index contributed by atoms with van der Waals surface area (Å²) in [7, 11) is 1.66. The molecule has 0 saturated carbocycles. The van der Waals surface area contributed by atoms with Crippen LogP contribution in [-0.2, 0) is 16.9 Å². The third-order valence-electron chi connectivity index (χ3n) is 2.89. The van der Waals surface area contributed by atoms with Crippen molar-refractivity contribution in [1.29, 1.82) is 0 Å². The minimum absolute atomic E-state index is 0.468. The van der Waals surface area contributed by atoms with E-state index in [9.17, 15) is 5.11 Å². The lowest BCUT2D eigenvalue weighted by Crippen LogP contribution is -2.16. The van der Waals surface area contributed by atoms with Gasteiger partial charge in [0.1, 0.15) is 0 Å². The van der Waals surface area contributed by atoms with E-state index in [2.05, 4.69) is 18.8 Å². The van der Waals surface area contributed by atoms with Crippen LogP contribution in [0.4, 0.5) is 0 Å². The van der Waals surface area contributed by atoms with Crippen LogP contribution in [0.2, 0.25) is 0 Å². The highest BCUT2D eigenvalue weighted by molar-refractivity contribution is 7.12. The van der Waals surface area contributed by atoms with E-state index in [0.717, 1.165) is 28.4 Å². The SMILES string of the molecule is CCC(CC)c1nc(COC)c(C(C)(C)O)s1. The van der Waals surface area contributed by atoms with Gasteiger partial charge in [-0.3, -0.25) is 0 Å². The van der Waals surface area contributed by atoms with Crippen molar-refractivity contribution in [1.82, 2.24) is 4.98 Å². The Hall–Kier alpha value is -0.450. The average molecular weight is 257 g/mol. The van der Waals surface area contributed by atoms with Crippen molar-refractivity contribution in [2.75, 3.05) is 7.11 Å². The molecule has 1 N–H and O–H groups in total. The maximum Gasteiger partial charge on any atom is 0.0964 e. The van der Waals surface area contributed by atoms with Crippen LogP contribution < -0.4 is 0 Å². The van der Waals surface area contributed by atoms with E-state index in [1.54, 1.807) is 32.3 Å². The summed E-state index contributed by atoms with van der Waals surface area (Å²) >= 11 is 1.62. The second-order valence-corrected chi connectivity index (χ2v) is 5.86. The van der Waals surface area contributed by atoms with Crippen molar-refractivity contribution in [2.24, 2.45) is 0 Å². The van der Waals surface area contributed by atoms with Gasteiger partial charge in [0.2, 0.25) is 0 Å². The topological polar surface area (TPSA) is 42.4 Å². The van der Waals surface area contributed by atoms with Crippen LogP contribution in [0.1, 0.15) is 62.0 Å². The molecule has 0 spiro atoms. The first-order valence-corrected chi connectivity index (χ1v) is 6.97. The lowest BCUT2D eigenvalue weighted by atomic mass is 10.0. The lowest BCUT2D eigenvalue weighted by molar-refractivity contribution is 0.0782. The maximum atomic E-state index is 10.2. The van der Waals surface area contributed by atoms with Gasteiger partial charge < -0.3 is 9.84 Å². The van der Waals surface area contributed by atoms with Crippen molar-refractivity contribution < 1.29 is 9.84 Å². The molecule has 0 fully saturated rings. The van der Waals surface area contributed by atoms with Gasteiger partial charge in [-0.15, -0.1) is 11.3 Å². The fourth-order valence-electron chi connectivity index (χ4n) is 1.90. The monoisotopic (exact) mass is 257 g/mol. The van der Waals surface area contributed by atoms with Crippen LogP contribution in [0.5, 0.6) is 0 Å². The summed E-state index contributed by atoms with van der Waals surface area (Å²) in [4.78, 5) is 5.57. The number of aliphatic hydroxyl groups is 1. The number of hydrogen-bond donors (Lipinski definition) is 1. The number of thiazole rings is 1. The van der Waals surface area contributed by atoms with Crippen molar-refractivity contribution in [3.05, 3.63) is 15.6 Å². The third-order valence-corrected chi connectivity index (χ3v) is 4.46. The molecule has 0 radical (unpaired) electrons. The summed E-state index contributed by atoms with van der Waals surface area (Å²) in [5, 5.41) is 11.3. The molecule has 0 amide bonds. The Morgan fingerprint density at radius 3 is 2.35 bits per heavy atom. The summed E-state index contributed by atoms with van der Waals surface area (Å²) in [6, 6.07) is 0. The van der Waals surface area contributed by atoms with Crippen LogP contribution >= 0.6 is 11.3 Å². The Labute approximate surface area is 108 Å². The molecule has 0 unspecified atom stereocenters. The van der Waals surface area contributed by atoms with Gasteiger partial charge in [-0.25, -0.2) is 4.98 Å². The van der Waals surface area contributed by atoms with Crippen molar-refractivity contribution >= 4 is 11.3 Å². The second-order valence-electron chi connectivity index (χ2n) is 4.83. The normalized spacial score (nSPS) is 12.4. The molecular formula is C13H23NO2S. The summed E-state index contributed by atoms with van der Waals surface area (Å²) < 4.78 is 5.16. The fraction of sp³-hybridized carbons (Fsp3) is 0.769. The van der Waals surface area contributed by atoms with Crippen molar-refractivity contribution in [3.63, 3.8) is 0 Å². The van der Waals surface area contributed by atoms with Gasteiger partial charge in [0, 0.05) is 13.0 Å². The van der Waals surface area contributed by atoms with Crippen molar-refractivity contribution in [2.45, 2.75) is 58.7 Å². The zero-order valence-corrected chi connectivity index (χ0v) is 12.2. The summed E-state index contributed by atoms with van der Waals surface area (Å²) in [6.07, 6.45) is 2.17. The minimum atomic E-state index is -0.837. The molecule has 3 nitrogen and oxygen atoms in total. The summed E-state index contributed by atoms with van der Waals surface area (Å²) in [5.41, 5.74) is 0.0439. The molecule has 1 aromatic rings. The van der Waals surface area contributed by atoms with Gasteiger partial charge in [0.05, 0.1) is 27.8 Å². The van der Waals surface area contributed by atoms with Gasteiger partial charge in [0.25, 0.3) is 0 Å². The van der Waals surface area contributed by atoms with E-state index in [1.165, 1.54) is 0 Å². The zero-order valence-electron chi connectivity index (χ0n) is 11.4. The van der Waals surface area contributed by atoms with Crippen LogP contribution in [0.3, 0.4) is 0 Å². The largest absolute Gasteiger partial charge is 0.385 e. The summed E-state index contributed by atoms with van der Waals surface area (Å²) in [6.45, 7) is 8.42. The van der Waals surface area contributed by atoms with Crippen LogP contribution in [0.25, 0.3) is 0 Å². The molecule has 0 aliphatic carbocycles. The highest BCUT2D eigenvalue weighted by atomic mass is 32.1. The lowest BCUT2D eigenvalue weighted by Gasteiger charge is -2.16. The van der Waals surface area contributed by atoms with E-state index in [-0.39, 0.29) is 0 Å². The van der Waals surface area contributed by atoms with Gasteiger partial charge in [-0.05, 0) is 26.7 Å². The summed E-state index contributed by atoms with van der Waals surface area (Å²) in [5.74, 6) is 0.492. The smallest absolute Gasteiger partial charge is 0.0964 e. The molecule has 4 heteroatoms. The Bertz CT molecular complexity index is 351. The molecule has 17 heavy (non-hydrogen) atoms. The Morgan fingerprint density at radius 2 is 1.94 bits per heavy atom. The molecule has 0 aromatic carbocycles. The zero-order chi connectivity index (χ0) is 13.1. The third kappa shape index (κ3) is 3.50. The van der Waals surface area contributed by atoms with Gasteiger partial charge in [-0.2, -0.15) is 0 Å². The number of methoxy groups -OCH3 is 1. The standard InChI is InChI=1S/C13H23NO2S/c1-6-9(7-2)12-14-10(8-16-5)11(17-12)13(3,4)15/h9,15H,6-8H2,1-5H3. The first-order valence-electron chi connectivity index (χ1n) is 6.15. The van der Waals surface area contributed by atoms with Gasteiger partial charge in [0.15, 0.2) is 0 Å². The second kappa shape index (κ2) is 5.94. The molecule has 1 rings (SSSR count). The van der Waals surface area contributed by atoms with Crippen molar-refractivity contribution in [3.8, 4) is 0 Å². The first-order chi connectivity index (χ1) is 7.93. The van der Waals surface area contributed by atoms with Crippen LogP contribution in [0.15, 0.2) is 0 Å². The Kier molecular flexibility index (Phi) is 5.10. The highest BCUT2D eigenvalue weighted by Gasteiger charge is 2.26. The molecule has 0 atom stereocenters. The highest BCUT2D eigenvalue weighted by Crippen LogP contribution is 2.35. The predicted octanol–water partition coefficient (Wildman–Crippen LogP) is 3.42. The number of rotatable bonds is 6. The Balaban J connectivity index is 3.11. The van der Waals surface area contributed by atoms with Gasteiger partial charge in [-0.1, -0.05) is 13.8 Å². The molecule has 0 bridgehead atoms. The molecule has 98 valence electrons. The molecule has 1 aromatic heterocycles. The molecular weight excluding hydrogens is 234 g/mol. The first kappa shape index (κ1) is 14.6. The number of ether oxygens (including phenoxy) is 1. The van der Waals surface area contributed by atoms with E-state index in [4.69, 9.17) is 4.74 Å². The number of nitrogens with zero attached hydrogens (tertiary/aromatic N) is 1. The molecule has 0 saturated heterocycles. The quantitative estimate of drug-likeness (QED) is 0.849. The number of aromatic nitrogens is 1. The van der Waals surface area contributed by atoms with E-state index in [0.29, 0.717) is 12.5 Å². The molecule has 1 heterocycles. The fourth-order valence-corrected chi connectivity index (χ4v) is 3.23. The maximum absolute atomic E-state index is 10.2. The Morgan fingerprint density at radius 1 is 1.35 bits per heavy atom. The van der Waals surface area contributed by atoms with Crippen LogP contribution in [0, 0.1) is 0 Å². The van der Waals surface area contributed by atoms with E-state index >= 15 is 0 Å². The number of hydrogen-bond acceptors (Lipinski definition) is 4. The average Bonchev–Trinajstić information content (AvgIpc) is 2.64. The minimum Gasteiger partial charge on any atom is -0.385 e. The van der Waals surface area contributed by atoms with Gasteiger partial charge >= 0.3 is 0 Å². The van der Waals surface area contributed by atoms with E-state index in [1.807, 2.05) is 0 Å². The van der Waals surface area contributed by atoms with E-state index < -0.39 is 5.60 Å². The molecule has 0 aliphatic rings.